The van der Waals surface area contributed by atoms with Crippen LogP contribution < -0.4 is 16.0 Å². The third-order valence-electron chi connectivity index (χ3n) is 5.81. The summed E-state index contributed by atoms with van der Waals surface area (Å²) in [5.41, 5.74) is 0.883. The Hall–Kier alpha value is -5.20. The zero-order chi connectivity index (χ0) is 27.6. The van der Waals surface area contributed by atoms with E-state index in [1.165, 1.54) is 18.5 Å². The fraction of sp³-hybridized carbons (Fsp3) is 0.115. The molecule has 0 saturated heterocycles. The lowest BCUT2D eigenvalue weighted by Crippen LogP contribution is -2.14. The quantitative estimate of drug-likeness (QED) is 0.254. The second kappa shape index (κ2) is 10.3. The maximum absolute atomic E-state index is 13.1. The highest BCUT2D eigenvalue weighted by molar-refractivity contribution is 6.04. The predicted molar refractivity (Wildman–Crippen MR) is 140 cm³/mol. The molecule has 0 aliphatic rings. The molecule has 5 aromatic rings. The second-order valence-electron chi connectivity index (χ2n) is 8.53. The summed E-state index contributed by atoms with van der Waals surface area (Å²) in [5, 5.41) is 13.2. The Morgan fingerprint density at radius 2 is 1.79 bits per heavy atom. The molecule has 0 saturated carbocycles. The van der Waals surface area contributed by atoms with Crippen molar-refractivity contribution in [2.75, 3.05) is 16.0 Å². The number of nitrogens with zero attached hydrogens (tertiary/aromatic N) is 6. The molecule has 0 unspecified atom stereocenters. The molecule has 0 aliphatic heterocycles. The highest BCUT2D eigenvalue weighted by atomic mass is 19.4. The molecule has 13 heteroatoms. The van der Waals surface area contributed by atoms with E-state index in [0.29, 0.717) is 29.0 Å². The van der Waals surface area contributed by atoms with Crippen molar-refractivity contribution < 1.29 is 18.0 Å². The lowest BCUT2D eigenvalue weighted by atomic mass is 10.1. The van der Waals surface area contributed by atoms with Crippen LogP contribution in [0, 0.1) is 6.92 Å². The van der Waals surface area contributed by atoms with Crippen LogP contribution in [-0.4, -0.2) is 35.2 Å². The molecule has 0 spiro atoms. The van der Waals surface area contributed by atoms with Crippen LogP contribution >= 0.6 is 0 Å². The van der Waals surface area contributed by atoms with Gasteiger partial charge in [-0.15, -0.1) is 0 Å². The summed E-state index contributed by atoms with van der Waals surface area (Å²) in [6.07, 6.45) is 1.88. The SMILES string of the molecule is Cc1ccc(NC(=O)c2cccc(C(F)(F)F)c2)cc1Nc1nccn1-c1cc(Nc2ccnn2C)ncn1. The largest absolute Gasteiger partial charge is 0.416 e. The van der Waals surface area contributed by atoms with Crippen molar-refractivity contribution in [3.05, 3.63) is 96.2 Å². The number of halogens is 3. The Labute approximate surface area is 220 Å². The molecule has 0 aliphatic carbocycles. The number of anilines is 5. The molecule has 198 valence electrons. The fourth-order valence-corrected chi connectivity index (χ4v) is 3.75. The van der Waals surface area contributed by atoms with Gasteiger partial charge in [-0.3, -0.25) is 14.0 Å². The number of nitrogens with one attached hydrogen (secondary N) is 3. The number of carbonyl (C=O) groups excluding carboxylic acids is 1. The zero-order valence-corrected chi connectivity index (χ0v) is 20.7. The van der Waals surface area contributed by atoms with E-state index in [4.69, 9.17) is 0 Å². The lowest BCUT2D eigenvalue weighted by Gasteiger charge is -2.14. The molecular weight excluding hydrogens is 511 g/mol. The minimum atomic E-state index is -4.54. The number of hydrogen-bond acceptors (Lipinski definition) is 7. The predicted octanol–water partition coefficient (Wildman–Crippen LogP) is 5.46. The first-order valence-corrected chi connectivity index (χ1v) is 11.6. The second-order valence-corrected chi connectivity index (χ2v) is 8.53. The van der Waals surface area contributed by atoms with Crippen LogP contribution in [0.25, 0.3) is 5.82 Å². The lowest BCUT2D eigenvalue weighted by molar-refractivity contribution is -0.137. The number of hydrogen-bond donors (Lipinski definition) is 3. The minimum Gasteiger partial charge on any atom is -0.325 e. The van der Waals surface area contributed by atoms with Gasteiger partial charge in [0, 0.05) is 48.5 Å². The number of carbonyl (C=O) groups is 1. The van der Waals surface area contributed by atoms with Gasteiger partial charge in [0.05, 0.1) is 11.8 Å². The van der Waals surface area contributed by atoms with Crippen LogP contribution in [0.15, 0.2) is 79.5 Å². The number of amides is 1. The van der Waals surface area contributed by atoms with Gasteiger partial charge in [-0.05, 0) is 42.8 Å². The summed E-state index contributed by atoms with van der Waals surface area (Å²) < 4.78 is 42.6. The average molecular weight is 534 g/mol. The van der Waals surface area contributed by atoms with Crippen LogP contribution in [0.4, 0.5) is 42.1 Å². The Morgan fingerprint density at radius 1 is 0.949 bits per heavy atom. The summed E-state index contributed by atoms with van der Waals surface area (Å²) in [6.45, 7) is 1.87. The molecule has 0 atom stereocenters. The monoisotopic (exact) mass is 533 g/mol. The summed E-state index contributed by atoms with van der Waals surface area (Å²) >= 11 is 0. The summed E-state index contributed by atoms with van der Waals surface area (Å²) in [5.74, 6) is 1.64. The molecule has 0 radical (unpaired) electrons. The van der Waals surface area contributed by atoms with Crippen molar-refractivity contribution in [1.29, 1.82) is 0 Å². The third-order valence-corrected chi connectivity index (χ3v) is 5.81. The van der Waals surface area contributed by atoms with Crippen molar-refractivity contribution >= 4 is 34.9 Å². The van der Waals surface area contributed by atoms with E-state index in [9.17, 15) is 18.0 Å². The summed E-state index contributed by atoms with van der Waals surface area (Å²) in [7, 11) is 1.81. The fourth-order valence-electron chi connectivity index (χ4n) is 3.75. The Morgan fingerprint density at radius 3 is 2.56 bits per heavy atom. The maximum Gasteiger partial charge on any atom is 0.416 e. The van der Waals surface area contributed by atoms with Gasteiger partial charge < -0.3 is 16.0 Å². The Balaban J connectivity index is 1.35. The summed E-state index contributed by atoms with van der Waals surface area (Å²) in [4.78, 5) is 25.7. The Bertz CT molecular complexity index is 1640. The number of aryl methyl sites for hydroxylation is 2. The molecular formula is C26H22F3N9O. The molecule has 3 aromatic heterocycles. The smallest absolute Gasteiger partial charge is 0.325 e. The van der Waals surface area contributed by atoms with Crippen LogP contribution in [0.2, 0.25) is 0 Å². The van der Waals surface area contributed by atoms with E-state index >= 15 is 0 Å². The number of rotatable bonds is 7. The van der Waals surface area contributed by atoms with Gasteiger partial charge in [0.1, 0.15) is 23.8 Å². The maximum atomic E-state index is 13.1. The van der Waals surface area contributed by atoms with Gasteiger partial charge in [0.15, 0.2) is 0 Å². The molecule has 5 rings (SSSR count). The highest BCUT2D eigenvalue weighted by Crippen LogP contribution is 2.30. The molecule has 0 bridgehead atoms. The van der Waals surface area contributed by atoms with Gasteiger partial charge >= 0.3 is 6.18 Å². The average Bonchev–Trinajstić information content (AvgIpc) is 3.54. The van der Waals surface area contributed by atoms with Crippen molar-refractivity contribution in [2.24, 2.45) is 7.05 Å². The first kappa shape index (κ1) is 25.4. The van der Waals surface area contributed by atoms with Crippen LogP contribution in [0.1, 0.15) is 21.5 Å². The zero-order valence-electron chi connectivity index (χ0n) is 20.7. The van der Waals surface area contributed by atoms with E-state index in [1.807, 2.05) is 13.0 Å². The molecule has 39 heavy (non-hydrogen) atoms. The normalized spacial score (nSPS) is 11.3. The number of imidazole rings is 1. The number of aromatic nitrogens is 6. The Kier molecular flexibility index (Phi) is 6.71. The highest BCUT2D eigenvalue weighted by Gasteiger charge is 2.30. The van der Waals surface area contributed by atoms with Crippen molar-refractivity contribution in [2.45, 2.75) is 13.1 Å². The molecule has 3 N–H and O–H groups in total. The van der Waals surface area contributed by atoms with Gasteiger partial charge in [-0.25, -0.2) is 15.0 Å². The molecule has 2 aromatic carbocycles. The van der Waals surface area contributed by atoms with Crippen LogP contribution in [-0.2, 0) is 13.2 Å². The van der Waals surface area contributed by atoms with E-state index in [-0.39, 0.29) is 5.56 Å². The van der Waals surface area contributed by atoms with E-state index in [1.54, 1.807) is 59.2 Å². The van der Waals surface area contributed by atoms with E-state index < -0.39 is 17.6 Å². The van der Waals surface area contributed by atoms with Gasteiger partial charge in [0.2, 0.25) is 5.95 Å². The van der Waals surface area contributed by atoms with Crippen LogP contribution in [0.5, 0.6) is 0 Å². The van der Waals surface area contributed by atoms with Gasteiger partial charge in [0.25, 0.3) is 5.91 Å². The first-order chi connectivity index (χ1) is 18.7. The molecule has 10 nitrogen and oxygen atoms in total. The van der Waals surface area contributed by atoms with Crippen molar-refractivity contribution in [3.63, 3.8) is 0 Å². The first-order valence-electron chi connectivity index (χ1n) is 11.6. The molecule has 0 fully saturated rings. The topological polar surface area (TPSA) is 115 Å². The number of alkyl halides is 3. The van der Waals surface area contributed by atoms with E-state index in [0.717, 1.165) is 23.5 Å². The van der Waals surface area contributed by atoms with Gasteiger partial charge in [-0.2, -0.15) is 18.3 Å². The van der Waals surface area contributed by atoms with Crippen molar-refractivity contribution in [3.8, 4) is 5.82 Å². The molecule has 3 heterocycles. The third kappa shape index (κ3) is 5.71. The minimum absolute atomic E-state index is 0.102. The van der Waals surface area contributed by atoms with E-state index in [2.05, 4.69) is 36.0 Å². The standard InChI is InChI=1S/C26H22F3N9O/c1-16-6-7-19(34-24(39)17-4-3-5-18(12-17)26(27,28)29)13-20(16)35-25-30-10-11-38(25)23-14-21(31-15-32-23)36-22-8-9-33-37(22)2/h3-15H,1-2H3,(H,30,35)(H,34,39)(H,31,32,36). The number of benzene rings is 2. The van der Waals surface area contributed by atoms with Gasteiger partial charge in [-0.1, -0.05) is 12.1 Å². The molecule has 1 amide bonds. The van der Waals surface area contributed by atoms with Crippen molar-refractivity contribution in [1.82, 2.24) is 29.3 Å². The summed E-state index contributed by atoms with van der Waals surface area (Å²) in [6, 6.07) is 12.9. The van der Waals surface area contributed by atoms with Crippen LogP contribution in [0.3, 0.4) is 0 Å².